The molecule has 1 aromatic rings. The highest BCUT2D eigenvalue weighted by Crippen LogP contribution is 2.13. The van der Waals surface area contributed by atoms with E-state index in [9.17, 15) is 19.7 Å². The van der Waals surface area contributed by atoms with Crippen LogP contribution >= 0.6 is 0 Å². The molecule has 1 aromatic heterocycles. The molecular formula is C10H10N2O5. The molecule has 0 saturated carbocycles. The van der Waals surface area contributed by atoms with E-state index < -0.39 is 22.1 Å². The van der Waals surface area contributed by atoms with E-state index in [0.29, 0.717) is 4.73 Å². The Morgan fingerprint density at radius 2 is 2.35 bits per heavy atom. The quantitative estimate of drug-likeness (QED) is 0.431. The summed E-state index contributed by atoms with van der Waals surface area (Å²) in [6, 6.07) is 1.34. The molecule has 0 radical (unpaired) electrons. The molecule has 0 amide bonds. The van der Waals surface area contributed by atoms with Gasteiger partial charge in [0, 0.05) is 18.7 Å². The van der Waals surface area contributed by atoms with Crippen molar-refractivity contribution in [3.05, 3.63) is 50.9 Å². The van der Waals surface area contributed by atoms with Crippen LogP contribution < -0.4 is 10.4 Å². The van der Waals surface area contributed by atoms with Gasteiger partial charge in [0.1, 0.15) is 0 Å². The highest BCUT2D eigenvalue weighted by Gasteiger charge is 2.21. The Labute approximate surface area is 96.0 Å². The monoisotopic (exact) mass is 238 g/mol. The Morgan fingerprint density at radius 1 is 1.71 bits per heavy atom. The zero-order chi connectivity index (χ0) is 13.0. The number of allylic oxidation sites excluding steroid dienone is 1. The minimum absolute atomic E-state index is 0.187. The minimum atomic E-state index is -0.982. The van der Waals surface area contributed by atoms with Gasteiger partial charge in [-0.15, -0.1) is 11.3 Å². The third kappa shape index (κ3) is 2.77. The van der Waals surface area contributed by atoms with Crippen LogP contribution in [0.4, 0.5) is 5.69 Å². The molecule has 0 aliphatic carbocycles. The van der Waals surface area contributed by atoms with Crippen molar-refractivity contribution >= 4 is 11.7 Å². The van der Waals surface area contributed by atoms with E-state index in [4.69, 9.17) is 0 Å². The Hall–Kier alpha value is -2.44. The topological polar surface area (TPSA) is 91.4 Å². The lowest BCUT2D eigenvalue weighted by molar-refractivity contribution is -0.387. The van der Waals surface area contributed by atoms with E-state index >= 15 is 0 Å². The number of hydrogen-bond acceptors (Lipinski definition) is 5. The summed E-state index contributed by atoms with van der Waals surface area (Å²) in [7, 11) is 0. The van der Waals surface area contributed by atoms with Crippen molar-refractivity contribution in [1.29, 1.82) is 0 Å². The van der Waals surface area contributed by atoms with Crippen LogP contribution in [0.1, 0.15) is 12.5 Å². The Bertz CT molecular complexity index is 532. The summed E-state index contributed by atoms with van der Waals surface area (Å²) in [5.74, 6) is -0.738. The molecule has 7 nitrogen and oxygen atoms in total. The van der Waals surface area contributed by atoms with Crippen molar-refractivity contribution in [2.24, 2.45) is 0 Å². The van der Waals surface area contributed by atoms with Crippen molar-refractivity contribution in [2.45, 2.75) is 13.3 Å². The van der Waals surface area contributed by atoms with Gasteiger partial charge in [-0.05, 0) is 12.5 Å². The maximum atomic E-state index is 11.7. The van der Waals surface area contributed by atoms with Crippen molar-refractivity contribution < 1.29 is 14.6 Å². The number of aromatic nitrogens is 1. The molecule has 0 saturated heterocycles. The van der Waals surface area contributed by atoms with Gasteiger partial charge in [0.25, 0.3) is 0 Å². The van der Waals surface area contributed by atoms with E-state index in [0.717, 1.165) is 13.1 Å². The summed E-state index contributed by atoms with van der Waals surface area (Å²) < 4.78 is 0.535. The van der Waals surface area contributed by atoms with Gasteiger partial charge < -0.3 is 4.84 Å². The van der Waals surface area contributed by atoms with Gasteiger partial charge in [-0.3, -0.25) is 14.9 Å². The Balaban J connectivity index is 3.38. The second-order valence-corrected chi connectivity index (χ2v) is 3.15. The number of hydrogen-bond donors (Lipinski definition) is 0. The van der Waals surface area contributed by atoms with Crippen molar-refractivity contribution in [1.82, 2.24) is 4.73 Å². The minimum Gasteiger partial charge on any atom is -0.334 e. The summed E-state index contributed by atoms with van der Waals surface area (Å²) in [6.07, 6.45) is 2.79. The van der Waals surface area contributed by atoms with Crippen LogP contribution in [0.5, 0.6) is 0 Å². The number of carbonyl (C=O) groups is 1. The highest BCUT2D eigenvalue weighted by atomic mass is 16.7. The molecule has 1 heterocycles. The second kappa shape index (κ2) is 5.06. The summed E-state index contributed by atoms with van der Waals surface area (Å²) in [5.41, 5.74) is -1.38. The van der Waals surface area contributed by atoms with Crippen LogP contribution in [-0.4, -0.2) is 15.6 Å². The van der Waals surface area contributed by atoms with Crippen molar-refractivity contribution in [2.75, 3.05) is 0 Å². The standard InChI is InChI=1S/C10H10N2O5/c1-3-4-8-5-6-11(17-7(2)13)10(14)9(8)12(15)16/h3,5-6H,1,4H2,2H3. The zero-order valence-corrected chi connectivity index (χ0v) is 9.08. The molecule has 0 unspecified atom stereocenters. The number of carbonyl (C=O) groups excluding carboxylic acids is 1. The predicted octanol–water partition coefficient (Wildman–Crippen LogP) is 0.460. The maximum absolute atomic E-state index is 11.7. The lowest BCUT2D eigenvalue weighted by Gasteiger charge is -2.05. The Kier molecular flexibility index (Phi) is 3.76. The lowest BCUT2D eigenvalue weighted by atomic mass is 10.1. The first-order valence-corrected chi connectivity index (χ1v) is 4.66. The SMILES string of the molecule is C=CCc1ccn(OC(C)=O)c(=O)c1[N+](=O)[O-]. The normalized spacial score (nSPS) is 9.71. The first-order chi connectivity index (χ1) is 7.97. The van der Waals surface area contributed by atoms with E-state index in [1.807, 2.05) is 0 Å². The molecule has 0 spiro atoms. The van der Waals surface area contributed by atoms with Gasteiger partial charge in [0.2, 0.25) is 0 Å². The molecule has 17 heavy (non-hydrogen) atoms. The van der Waals surface area contributed by atoms with Crippen LogP contribution in [0.15, 0.2) is 29.7 Å². The predicted molar refractivity (Wildman–Crippen MR) is 58.5 cm³/mol. The molecule has 0 atom stereocenters. The van der Waals surface area contributed by atoms with Gasteiger partial charge in [0.15, 0.2) is 0 Å². The van der Waals surface area contributed by atoms with E-state index in [1.165, 1.54) is 12.1 Å². The molecule has 0 aliphatic heterocycles. The third-order valence-electron chi connectivity index (χ3n) is 1.89. The molecule has 0 N–H and O–H groups in total. The van der Waals surface area contributed by atoms with Crippen LogP contribution in [-0.2, 0) is 11.2 Å². The fourth-order valence-corrected chi connectivity index (χ4v) is 1.27. The fraction of sp³-hybridized carbons (Fsp3) is 0.200. The molecular weight excluding hydrogens is 228 g/mol. The van der Waals surface area contributed by atoms with Crippen LogP contribution in [0.2, 0.25) is 0 Å². The molecule has 7 heteroatoms. The molecule has 1 rings (SSSR count). The van der Waals surface area contributed by atoms with Crippen molar-refractivity contribution in [3.8, 4) is 0 Å². The van der Waals surface area contributed by atoms with E-state index in [2.05, 4.69) is 11.4 Å². The maximum Gasteiger partial charge on any atom is 0.361 e. The van der Waals surface area contributed by atoms with Gasteiger partial charge >= 0.3 is 17.2 Å². The van der Waals surface area contributed by atoms with Crippen LogP contribution in [0, 0.1) is 10.1 Å². The largest absolute Gasteiger partial charge is 0.361 e. The van der Waals surface area contributed by atoms with Crippen LogP contribution in [0.25, 0.3) is 0 Å². The molecule has 0 bridgehead atoms. The number of nitro groups is 1. The van der Waals surface area contributed by atoms with Gasteiger partial charge in [0.05, 0.1) is 4.92 Å². The first-order valence-electron chi connectivity index (χ1n) is 4.66. The Morgan fingerprint density at radius 3 is 2.82 bits per heavy atom. The highest BCUT2D eigenvalue weighted by molar-refractivity contribution is 5.66. The van der Waals surface area contributed by atoms with Crippen LogP contribution in [0.3, 0.4) is 0 Å². The van der Waals surface area contributed by atoms with Gasteiger partial charge in [-0.25, -0.2) is 4.79 Å². The average Bonchev–Trinajstić information content (AvgIpc) is 2.21. The molecule has 0 aromatic carbocycles. The molecule has 0 fully saturated rings. The number of nitrogens with zero attached hydrogens (tertiary/aromatic N) is 2. The summed E-state index contributed by atoms with van der Waals surface area (Å²) in [4.78, 5) is 36.8. The van der Waals surface area contributed by atoms with E-state index in [1.54, 1.807) is 0 Å². The second-order valence-electron chi connectivity index (χ2n) is 3.15. The smallest absolute Gasteiger partial charge is 0.334 e. The number of pyridine rings is 1. The first kappa shape index (κ1) is 12.6. The summed E-state index contributed by atoms with van der Waals surface area (Å²) in [6.45, 7) is 4.53. The third-order valence-corrected chi connectivity index (χ3v) is 1.89. The fourth-order valence-electron chi connectivity index (χ4n) is 1.27. The number of rotatable bonds is 4. The van der Waals surface area contributed by atoms with Gasteiger partial charge in [-0.2, -0.15) is 0 Å². The summed E-state index contributed by atoms with van der Waals surface area (Å²) >= 11 is 0. The zero-order valence-electron chi connectivity index (χ0n) is 9.08. The lowest BCUT2D eigenvalue weighted by Crippen LogP contribution is -2.31. The van der Waals surface area contributed by atoms with E-state index in [-0.39, 0.29) is 12.0 Å². The van der Waals surface area contributed by atoms with Gasteiger partial charge in [-0.1, -0.05) is 6.08 Å². The van der Waals surface area contributed by atoms with Crippen molar-refractivity contribution in [3.63, 3.8) is 0 Å². The molecule has 90 valence electrons. The average molecular weight is 238 g/mol. The summed E-state index contributed by atoms with van der Waals surface area (Å²) in [5, 5.41) is 10.8. The molecule has 0 aliphatic rings.